The zero-order valence-corrected chi connectivity index (χ0v) is 22.1. The summed E-state index contributed by atoms with van der Waals surface area (Å²) in [4.78, 5) is 0. The molecule has 0 saturated carbocycles. The lowest BCUT2D eigenvalue weighted by atomic mass is 9.68. The van der Waals surface area contributed by atoms with Crippen molar-refractivity contribution in [3.63, 3.8) is 0 Å². The number of halogens is 2. The Kier molecular flexibility index (Phi) is 9.67. The molecule has 0 aromatic heterocycles. The predicted molar refractivity (Wildman–Crippen MR) is 142 cm³/mol. The Morgan fingerprint density at radius 1 is 1.06 bits per heavy atom. The van der Waals surface area contributed by atoms with Crippen molar-refractivity contribution in [3.8, 4) is 0 Å². The van der Waals surface area contributed by atoms with Crippen LogP contribution in [0.15, 0.2) is 73.5 Å². The quantitative estimate of drug-likeness (QED) is 0.238. The molecule has 0 saturated heterocycles. The van der Waals surface area contributed by atoms with Crippen LogP contribution in [0.3, 0.4) is 0 Å². The molecule has 0 aliphatic heterocycles. The number of aliphatic hydroxyl groups is 1. The summed E-state index contributed by atoms with van der Waals surface area (Å²) in [6.07, 6.45) is 3.17. The summed E-state index contributed by atoms with van der Waals surface area (Å²) < 4.78 is 6.21. The molecule has 4 heteroatoms. The molecule has 180 valence electrons. The van der Waals surface area contributed by atoms with Gasteiger partial charge in [0.1, 0.15) is 0 Å². The number of hydrogen-bond acceptors (Lipinski definition) is 2. The van der Waals surface area contributed by atoms with Gasteiger partial charge in [-0.1, -0.05) is 87.8 Å². The van der Waals surface area contributed by atoms with E-state index in [0.29, 0.717) is 47.1 Å². The second-order valence-corrected chi connectivity index (χ2v) is 10.8. The van der Waals surface area contributed by atoms with Gasteiger partial charge in [-0.15, -0.1) is 6.58 Å². The molecule has 2 aromatic carbocycles. The molecule has 2 nitrogen and oxygen atoms in total. The average Bonchev–Trinajstić information content (AvgIpc) is 2.75. The fraction of sp³-hybridized carbons (Fsp3) is 0.448. The van der Waals surface area contributed by atoms with Gasteiger partial charge in [0.2, 0.25) is 0 Å². The summed E-state index contributed by atoms with van der Waals surface area (Å²) in [5.41, 5.74) is 0.143. The molecule has 0 heterocycles. The van der Waals surface area contributed by atoms with Crippen molar-refractivity contribution >= 4 is 23.2 Å². The van der Waals surface area contributed by atoms with Gasteiger partial charge in [-0.2, -0.15) is 0 Å². The van der Waals surface area contributed by atoms with Crippen LogP contribution in [0.25, 0.3) is 0 Å². The Morgan fingerprint density at radius 3 is 2.24 bits per heavy atom. The smallest absolute Gasteiger partial charge is 0.0950 e. The molecule has 4 atom stereocenters. The second-order valence-electron chi connectivity index (χ2n) is 9.98. The van der Waals surface area contributed by atoms with E-state index in [-0.39, 0.29) is 5.92 Å². The van der Waals surface area contributed by atoms with E-state index >= 15 is 0 Å². The van der Waals surface area contributed by atoms with Crippen LogP contribution in [-0.2, 0) is 10.3 Å². The summed E-state index contributed by atoms with van der Waals surface area (Å²) in [6.45, 7) is 19.5. The molecule has 0 amide bonds. The predicted octanol–water partition coefficient (Wildman–Crippen LogP) is 8.78. The minimum absolute atomic E-state index is 0.273. The standard InChI is InChI=1S/C29H38Cl2O2/c1-8-16-28(6,22(5)33-19-21(4)20(2)3)18-27(23-10-9-11-26(31)17-23)29(7,32)24-12-14-25(30)15-13-24/h8-15,17,20-21,27,32H,1,5,16,18-19H2,2-4,6-7H3/t21-,27-,28+,29+/m1/s1. The van der Waals surface area contributed by atoms with Crippen LogP contribution in [-0.4, -0.2) is 11.7 Å². The molecule has 2 aromatic rings. The first kappa shape index (κ1) is 27.5. The van der Waals surface area contributed by atoms with Crippen LogP contribution in [0.2, 0.25) is 10.0 Å². The van der Waals surface area contributed by atoms with E-state index in [4.69, 9.17) is 27.9 Å². The van der Waals surface area contributed by atoms with Crippen molar-refractivity contribution in [1.29, 1.82) is 0 Å². The molecule has 0 fully saturated rings. The molecule has 0 aliphatic rings. The van der Waals surface area contributed by atoms with Gasteiger partial charge in [-0.3, -0.25) is 0 Å². The Balaban J connectivity index is 2.47. The van der Waals surface area contributed by atoms with Gasteiger partial charge in [-0.25, -0.2) is 0 Å². The molecular formula is C29H38Cl2O2. The van der Waals surface area contributed by atoms with Crippen molar-refractivity contribution < 1.29 is 9.84 Å². The van der Waals surface area contributed by atoms with Gasteiger partial charge in [0.05, 0.1) is 18.0 Å². The van der Waals surface area contributed by atoms with Crippen LogP contribution >= 0.6 is 23.2 Å². The van der Waals surface area contributed by atoms with Gasteiger partial charge in [0.15, 0.2) is 0 Å². The molecular weight excluding hydrogens is 451 g/mol. The monoisotopic (exact) mass is 488 g/mol. The molecule has 1 N–H and O–H groups in total. The van der Waals surface area contributed by atoms with E-state index in [0.717, 1.165) is 11.1 Å². The van der Waals surface area contributed by atoms with E-state index in [9.17, 15) is 5.11 Å². The average molecular weight is 490 g/mol. The molecule has 0 radical (unpaired) electrons. The van der Waals surface area contributed by atoms with Crippen LogP contribution in [0.1, 0.15) is 64.5 Å². The second kappa shape index (κ2) is 11.6. The lowest BCUT2D eigenvalue weighted by Crippen LogP contribution is -2.35. The highest BCUT2D eigenvalue weighted by Crippen LogP contribution is 2.48. The van der Waals surface area contributed by atoms with Gasteiger partial charge in [-0.05, 0) is 67.0 Å². The van der Waals surface area contributed by atoms with E-state index in [1.807, 2.05) is 49.4 Å². The molecule has 2 rings (SSSR count). The third kappa shape index (κ3) is 7.12. The van der Waals surface area contributed by atoms with Gasteiger partial charge >= 0.3 is 0 Å². The first-order valence-corrected chi connectivity index (χ1v) is 12.3. The minimum atomic E-state index is -1.18. The topological polar surface area (TPSA) is 29.5 Å². The van der Waals surface area contributed by atoms with Crippen molar-refractivity contribution in [1.82, 2.24) is 0 Å². The fourth-order valence-corrected chi connectivity index (χ4v) is 4.36. The van der Waals surface area contributed by atoms with Crippen molar-refractivity contribution in [3.05, 3.63) is 94.7 Å². The van der Waals surface area contributed by atoms with E-state index in [1.54, 1.807) is 12.1 Å². The number of allylic oxidation sites excluding steroid dienone is 2. The fourth-order valence-electron chi connectivity index (χ4n) is 4.03. The molecule has 0 aliphatic carbocycles. The third-order valence-corrected chi connectivity index (χ3v) is 7.43. The summed E-state index contributed by atoms with van der Waals surface area (Å²) >= 11 is 12.5. The van der Waals surface area contributed by atoms with E-state index < -0.39 is 11.0 Å². The van der Waals surface area contributed by atoms with Crippen molar-refractivity contribution in [2.75, 3.05) is 6.61 Å². The number of benzene rings is 2. The van der Waals surface area contributed by atoms with Crippen molar-refractivity contribution in [2.45, 2.75) is 59.0 Å². The third-order valence-electron chi connectivity index (χ3n) is 6.94. The first-order chi connectivity index (χ1) is 15.4. The highest BCUT2D eigenvalue weighted by Gasteiger charge is 2.41. The Labute approximate surface area is 210 Å². The molecule has 0 bridgehead atoms. The number of ether oxygens (including phenoxy) is 1. The Hall–Kier alpha value is -1.74. The summed E-state index contributed by atoms with van der Waals surface area (Å²) in [7, 11) is 0. The molecule has 0 unspecified atom stereocenters. The maximum Gasteiger partial charge on any atom is 0.0950 e. The highest BCUT2D eigenvalue weighted by molar-refractivity contribution is 6.30. The number of hydrogen-bond donors (Lipinski definition) is 1. The highest BCUT2D eigenvalue weighted by atomic mass is 35.5. The van der Waals surface area contributed by atoms with E-state index in [2.05, 4.69) is 40.9 Å². The lowest BCUT2D eigenvalue weighted by Gasteiger charge is -2.41. The normalized spacial score (nSPS) is 17.0. The lowest BCUT2D eigenvalue weighted by molar-refractivity contribution is 0.00333. The summed E-state index contributed by atoms with van der Waals surface area (Å²) in [5, 5.41) is 13.2. The minimum Gasteiger partial charge on any atom is -0.498 e. The van der Waals surface area contributed by atoms with Crippen LogP contribution < -0.4 is 0 Å². The van der Waals surface area contributed by atoms with Gasteiger partial charge < -0.3 is 9.84 Å². The zero-order chi connectivity index (χ0) is 24.8. The Bertz CT molecular complexity index is 933. The van der Waals surface area contributed by atoms with Crippen molar-refractivity contribution in [2.24, 2.45) is 17.3 Å². The first-order valence-electron chi connectivity index (χ1n) is 11.6. The van der Waals surface area contributed by atoms with Crippen LogP contribution in [0.4, 0.5) is 0 Å². The largest absolute Gasteiger partial charge is 0.498 e. The Morgan fingerprint density at radius 2 is 1.70 bits per heavy atom. The molecule has 33 heavy (non-hydrogen) atoms. The maximum absolute atomic E-state index is 11.9. The zero-order valence-electron chi connectivity index (χ0n) is 20.6. The SMILES string of the molecule is C=CC[C@@](C)(C[C@H](c1cccc(Cl)c1)[C@@](C)(O)c1ccc(Cl)cc1)C(=C)OC[C@@H](C)C(C)C. The number of rotatable bonds is 12. The molecule has 0 spiro atoms. The summed E-state index contributed by atoms with van der Waals surface area (Å²) in [6, 6.07) is 15.1. The van der Waals surface area contributed by atoms with E-state index in [1.165, 1.54) is 0 Å². The maximum atomic E-state index is 11.9. The van der Waals surface area contributed by atoms with Crippen LogP contribution in [0, 0.1) is 17.3 Å². The van der Waals surface area contributed by atoms with Gasteiger partial charge in [0, 0.05) is 21.4 Å². The van der Waals surface area contributed by atoms with Gasteiger partial charge in [0.25, 0.3) is 0 Å². The van der Waals surface area contributed by atoms with Crippen LogP contribution in [0.5, 0.6) is 0 Å². The summed E-state index contributed by atoms with van der Waals surface area (Å²) in [5.74, 6) is 1.38.